The fraction of sp³-hybridized carbons (Fsp3) is 0.765. The molecular formula is C17H26N2O3. The highest BCUT2D eigenvalue weighted by Gasteiger charge is 2.42. The summed E-state index contributed by atoms with van der Waals surface area (Å²) in [6.45, 7) is 8.76. The lowest BCUT2D eigenvalue weighted by Crippen LogP contribution is -2.50. The number of furan rings is 1. The lowest BCUT2D eigenvalue weighted by atomic mass is 10.1. The molecule has 3 saturated heterocycles. The number of ether oxygens (including phenoxy) is 2. The van der Waals surface area contributed by atoms with Crippen molar-refractivity contribution < 1.29 is 13.9 Å². The van der Waals surface area contributed by atoms with Crippen LogP contribution in [0.2, 0.25) is 0 Å². The van der Waals surface area contributed by atoms with Crippen LogP contribution >= 0.6 is 0 Å². The van der Waals surface area contributed by atoms with E-state index < -0.39 is 0 Å². The first-order valence-corrected chi connectivity index (χ1v) is 8.52. The third kappa shape index (κ3) is 2.95. The standard InChI is InChI=1S/C17H26N2O3/c1-13-2-3-15(22-13)10-18-6-9-21-17-12-19(11-16(17)18)14-4-7-20-8-5-14/h2-3,14,16-17H,4-12H2,1H3/t16-,17+/m0/s1. The van der Waals surface area contributed by atoms with Gasteiger partial charge in [0, 0.05) is 38.9 Å². The highest BCUT2D eigenvalue weighted by Crippen LogP contribution is 2.28. The van der Waals surface area contributed by atoms with Crippen LogP contribution in [0.25, 0.3) is 0 Å². The summed E-state index contributed by atoms with van der Waals surface area (Å²) < 4.78 is 17.3. The minimum absolute atomic E-state index is 0.354. The number of fused-ring (bicyclic) bond motifs is 1. The Bertz CT molecular complexity index is 498. The smallest absolute Gasteiger partial charge is 0.118 e. The quantitative estimate of drug-likeness (QED) is 0.849. The van der Waals surface area contributed by atoms with Gasteiger partial charge in [0.15, 0.2) is 0 Å². The van der Waals surface area contributed by atoms with Crippen molar-refractivity contribution in [2.24, 2.45) is 0 Å². The lowest BCUT2D eigenvalue weighted by Gasteiger charge is -2.36. The van der Waals surface area contributed by atoms with E-state index >= 15 is 0 Å². The average molecular weight is 306 g/mol. The molecule has 122 valence electrons. The Morgan fingerprint density at radius 3 is 2.77 bits per heavy atom. The fourth-order valence-corrected chi connectivity index (χ4v) is 4.10. The molecule has 0 unspecified atom stereocenters. The van der Waals surface area contributed by atoms with Crippen molar-refractivity contribution in [3.8, 4) is 0 Å². The molecule has 0 N–H and O–H groups in total. The van der Waals surface area contributed by atoms with Crippen LogP contribution in [-0.2, 0) is 16.0 Å². The number of nitrogens with zero attached hydrogens (tertiary/aromatic N) is 2. The summed E-state index contributed by atoms with van der Waals surface area (Å²) in [5.74, 6) is 2.07. The Morgan fingerprint density at radius 1 is 1.14 bits per heavy atom. The molecule has 2 atom stereocenters. The summed E-state index contributed by atoms with van der Waals surface area (Å²) in [7, 11) is 0. The average Bonchev–Trinajstić information content (AvgIpc) is 3.15. The van der Waals surface area contributed by atoms with Crippen LogP contribution in [0.1, 0.15) is 24.4 Å². The van der Waals surface area contributed by atoms with Crippen molar-refractivity contribution in [2.75, 3.05) is 39.5 Å². The van der Waals surface area contributed by atoms with Gasteiger partial charge in [0.2, 0.25) is 0 Å². The molecule has 1 aromatic rings. The van der Waals surface area contributed by atoms with Crippen LogP contribution in [0, 0.1) is 6.92 Å². The van der Waals surface area contributed by atoms with Crippen molar-refractivity contribution >= 4 is 0 Å². The molecule has 3 fully saturated rings. The van der Waals surface area contributed by atoms with Gasteiger partial charge in [-0.1, -0.05) is 0 Å². The van der Waals surface area contributed by atoms with Crippen LogP contribution in [0.3, 0.4) is 0 Å². The van der Waals surface area contributed by atoms with Gasteiger partial charge >= 0.3 is 0 Å². The summed E-state index contributed by atoms with van der Waals surface area (Å²) in [5, 5.41) is 0. The molecule has 0 saturated carbocycles. The number of aryl methyl sites for hydroxylation is 1. The van der Waals surface area contributed by atoms with Crippen molar-refractivity contribution in [2.45, 2.75) is 44.5 Å². The molecule has 3 aliphatic heterocycles. The van der Waals surface area contributed by atoms with E-state index in [9.17, 15) is 0 Å². The maximum absolute atomic E-state index is 6.05. The summed E-state index contributed by atoms with van der Waals surface area (Å²) >= 11 is 0. The van der Waals surface area contributed by atoms with Gasteiger partial charge in [-0.2, -0.15) is 0 Å². The molecule has 4 heterocycles. The van der Waals surface area contributed by atoms with E-state index in [1.165, 1.54) is 0 Å². The molecule has 0 amide bonds. The van der Waals surface area contributed by atoms with Crippen molar-refractivity contribution in [1.82, 2.24) is 9.80 Å². The van der Waals surface area contributed by atoms with Crippen molar-refractivity contribution in [3.63, 3.8) is 0 Å². The van der Waals surface area contributed by atoms with E-state index in [2.05, 4.69) is 21.9 Å². The highest BCUT2D eigenvalue weighted by molar-refractivity contribution is 5.07. The molecule has 5 heteroatoms. The molecule has 0 aliphatic carbocycles. The summed E-state index contributed by atoms with van der Waals surface area (Å²) in [5.41, 5.74) is 0. The van der Waals surface area contributed by atoms with Crippen LogP contribution < -0.4 is 0 Å². The molecule has 0 spiro atoms. The maximum atomic E-state index is 6.05. The van der Waals surface area contributed by atoms with Crippen LogP contribution in [0.4, 0.5) is 0 Å². The van der Waals surface area contributed by atoms with Crippen LogP contribution in [0.5, 0.6) is 0 Å². The first-order valence-electron chi connectivity index (χ1n) is 8.52. The molecule has 0 aromatic carbocycles. The van der Waals surface area contributed by atoms with Gasteiger partial charge in [0.1, 0.15) is 11.5 Å². The van der Waals surface area contributed by atoms with Gasteiger partial charge in [-0.15, -0.1) is 0 Å². The third-order valence-electron chi connectivity index (χ3n) is 5.31. The van der Waals surface area contributed by atoms with E-state index in [-0.39, 0.29) is 0 Å². The molecular weight excluding hydrogens is 280 g/mol. The van der Waals surface area contributed by atoms with Crippen LogP contribution in [-0.4, -0.2) is 67.4 Å². The molecule has 0 bridgehead atoms. The second kappa shape index (κ2) is 6.32. The Labute approximate surface area is 132 Å². The monoisotopic (exact) mass is 306 g/mol. The van der Waals surface area contributed by atoms with Crippen LogP contribution in [0.15, 0.2) is 16.5 Å². The normalized spacial score (nSPS) is 31.5. The third-order valence-corrected chi connectivity index (χ3v) is 5.31. The van der Waals surface area contributed by atoms with Gasteiger partial charge in [0.25, 0.3) is 0 Å². The predicted molar refractivity (Wildman–Crippen MR) is 82.8 cm³/mol. The number of morpholine rings is 1. The topological polar surface area (TPSA) is 38.1 Å². The molecule has 1 aromatic heterocycles. The van der Waals surface area contributed by atoms with Gasteiger partial charge in [-0.25, -0.2) is 0 Å². The lowest BCUT2D eigenvalue weighted by molar-refractivity contribution is -0.0527. The molecule has 3 aliphatic rings. The van der Waals surface area contributed by atoms with E-state index in [0.29, 0.717) is 18.2 Å². The Hall–Kier alpha value is -0.880. The highest BCUT2D eigenvalue weighted by atomic mass is 16.5. The minimum Gasteiger partial charge on any atom is -0.465 e. The molecule has 22 heavy (non-hydrogen) atoms. The second-order valence-electron chi connectivity index (χ2n) is 6.76. The molecule has 4 rings (SSSR count). The largest absolute Gasteiger partial charge is 0.465 e. The fourth-order valence-electron chi connectivity index (χ4n) is 4.10. The maximum Gasteiger partial charge on any atom is 0.118 e. The SMILES string of the molecule is Cc1ccc(CN2CCO[C@@H]3CN(C4CCOCC4)C[C@@H]32)o1. The minimum atomic E-state index is 0.354. The Morgan fingerprint density at radius 2 is 2.00 bits per heavy atom. The zero-order valence-electron chi connectivity index (χ0n) is 13.4. The second-order valence-corrected chi connectivity index (χ2v) is 6.76. The van der Waals surface area contributed by atoms with Crippen molar-refractivity contribution in [3.05, 3.63) is 23.7 Å². The zero-order chi connectivity index (χ0) is 14.9. The summed E-state index contributed by atoms with van der Waals surface area (Å²) in [6, 6.07) is 5.33. The number of likely N-dealkylation sites (tertiary alicyclic amines) is 1. The van der Waals surface area contributed by atoms with Crippen molar-refractivity contribution in [1.29, 1.82) is 0 Å². The summed E-state index contributed by atoms with van der Waals surface area (Å²) in [6.07, 6.45) is 2.68. The van der Waals surface area contributed by atoms with E-state index in [4.69, 9.17) is 13.9 Å². The first kappa shape index (κ1) is 14.7. The first-order chi connectivity index (χ1) is 10.8. The van der Waals surface area contributed by atoms with E-state index in [1.54, 1.807) is 0 Å². The number of rotatable bonds is 3. The number of hydrogen-bond acceptors (Lipinski definition) is 5. The van der Waals surface area contributed by atoms with Gasteiger partial charge < -0.3 is 13.9 Å². The molecule has 0 radical (unpaired) electrons. The number of hydrogen-bond donors (Lipinski definition) is 0. The Balaban J connectivity index is 1.42. The molecule has 5 nitrogen and oxygen atoms in total. The van der Waals surface area contributed by atoms with Gasteiger partial charge in [-0.3, -0.25) is 9.80 Å². The van der Waals surface area contributed by atoms with Gasteiger partial charge in [-0.05, 0) is 31.9 Å². The predicted octanol–water partition coefficient (Wildman–Crippen LogP) is 1.65. The summed E-state index contributed by atoms with van der Waals surface area (Å²) in [4.78, 5) is 5.18. The van der Waals surface area contributed by atoms with Gasteiger partial charge in [0.05, 0.1) is 25.3 Å². The van der Waals surface area contributed by atoms with E-state index in [0.717, 1.165) is 70.4 Å². The zero-order valence-corrected chi connectivity index (χ0v) is 13.4. The van der Waals surface area contributed by atoms with E-state index in [1.807, 2.05) is 6.92 Å². The Kier molecular flexibility index (Phi) is 4.22.